The van der Waals surface area contributed by atoms with Gasteiger partial charge in [-0.1, -0.05) is 0 Å². The maximum absolute atomic E-state index is 12.4. The maximum Gasteiger partial charge on any atom is 0.185 e. The summed E-state index contributed by atoms with van der Waals surface area (Å²) in [5, 5.41) is 2.71. The number of furan rings is 1. The number of carbonyl (C=O) groups excluding carboxylic acids is 1. The van der Waals surface area contributed by atoms with Gasteiger partial charge in [-0.3, -0.25) is 4.79 Å². The highest BCUT2D eigenvalue weighted by atomic mass is 32.1. The Kier molecular flexibility index (Phi) is 4.95. The monoisotopic (exact) mass is 366 g/mol. The Morgan fingerprint density at radius 1 is 1.15 bits per heavy atom. The predicted molar refractivity (Wildman–Crippen MR) is 103 cm³/mol. The molecular formula is C20H18N2O3S. The number of nitrogens with zero attached hydrogens (tertiary/aromatic N) is 2. The molecule has 6 heteroatoms. The van der Waals surface area contributed by atoms with Gasteiger partial charge < -0.3 is 14.1 Å². The first-order valence-electron chi connectivity index (χ1n) is 8.44. The molecule has 2 aromatic heterocycles. The summed E-state index contributed by atoms with van der Waals surface area (Å²) in [6, 6.07) is 11.4. The molecule has 3 heterocycles. The van der Waals surface area contributed by atoms with Crippen LogP contribution >= 0.6 is 11.3 Å². The summed E-state index contributed by atoms with van der Waals surface area (Å²) in [7, 11) is 0. The van der Waals surface area contributed by atoms with E-state index in [4.69, 9.17) is 9.15 Å². The number of benzene rings is 1. The number of thiazole rings is 1. The van der Waals surface area contributed by atoms with E-state index in [1.807, 2.05) is 41.8 Å². The molecule has 5 nitrogen and oxygen atoms in total. The molecule has 26 heavy (non-hydrogen) atoms. The Bertz CT molecular complexity index is 892. The highest BCUT2D eigenvalue weighted by Gasteiger charge is 2.12. The van der Waals surface area contributed by atoms with E-state index < -0.39 is 0 Å². The zero-order valence-electron chi connectivity index (χ0n) is 14.1. The predicted octanol–water partition coefficient (Wildman–Crippen LogP) is 4.14. The zero-order valence-corrected chi connectivity index (χ0v) is 14.9. The Morgan fingerprint density at radius 3 is 2.69 bits per heavy atom. The summed E-state index contributed by atoms with van der Waals surface area (Å²) in [6.45, 7) is 3.26. The third kappa shape index (κ3) is 3.76. The number of morpholine rings is 1. The minimum Gasteiger partial charge on any atom is -0.462 e. The van der Waals surface area contributed by atoms with E-state index in [2.05, 4.69) is 9.88 Å². The lowest BCUT2D eigenvalue weighted by molar-refractivity contribution is 0.104. The van der Waals surface area contributed by atoms with Crippen molar-refractivity contribution in [2.75, 3.05) is 31.2 Å². The molecular weight excluding hydrogens is 348 g/mol. The summed E-state index contributed by atoms with van der Waals surface area (Å²) in [5.74, 6) is 0.700. The molecule has 0 bridgehead atoms. The van der Waals surface area contributed by atoms with Gasteiger partial charge in [0.1, 0.15) is 0 Å². The minimum atomic E-state index is -0.0360. The average molecular weight is 366 g/mol. The summed E-state index contributed by atoms with van der Waals surface area (Å²) in [6.07, 6.45) is 4.92. The van der Waals surface area contributed by atoms with Crippen molar-refractivity contribution in [3.05, 3.63) is 65.4 Å². The van der Waals surface area contributed by atoms with Crippen molar-refractivity contribution in [3.8, 4) is 10.8 Å². The second kappa shape index (κ2) is 7.68. The van der Waals surface area contributed by atoms with Crippen molar-refractivity contribution in [1.82, 2.24) is 4.98 Å². The van der Waals surface area contributed by atoms with Crippen LogP contribution in [0.5, 0.6) is 0 Å². The van der Waals surface area contributed by atoms with Gasteiger partial charge in [-0.15, -0.1) is 11.3 Å². The number of hydrogen-bond acceptors (Lipinski definition) is 6. The van der Waals surface area contributed by atoms with Crippen LogP contribution < -0.4 is 4.90 Å². The standard InChI is InChI=1S/C20H18N2O3S/c23-18(8-5-16-14-26-20(21-16)19-2-1-11-25-19)15-3-6-17(7-4-15)22-9-12-24-13-10-22/h1-8,11,14H,9-10,12-13H2/b8-5+. The summed E-state index contributed by atoms with van der Waals surface area (Å²) in [4.78, 5) is 19.1. The van der Waals surface area contributed by atoms with Crippen molar-refractivity contribution >= 4 is 28.9 Å². The number of anilines is 1. The lowest BCUT2D eigenvalue weighted by atomic mass is 10.1. The van der Waals surface area contributed by atoms with Gasteiger partial charge in [0.05, 0.1) is 25.2 Å². The van der Waals surface area contributed by atoms with Crippen LogP contribution in [0.25, 0.3) is 16.8 Å². The van der Waals surface area contributed by atoms with Crippen molar-refractivity contribution in [2.24, 2.45) is 0 Å². The molecule has 1 saturated heterocycles. The molecule has 1 aromatic carbocycles. The van der Waals surface area contributed by atoms with Crippen LogP contribution in [0.2, 0.25) is 0 Å². The molecule has 0 saturated carbocycles. The number of carbonyl (C=O) groups is 1. The number of hydrogen-bond donors (Lipinski definition) is 0. The van der Waals surface area contributed by atoms with E-state index in [1.165, 1.54) is 11.3 Å². The first-order valence-corrected chi connectivity index (χ1v) is 9.32. The third-order valence-corrected chi connectivity index (χ3v) is 5.06. The lowest BCUT2D eigenvalue weighted by Gasteiger charge is -2.28. The first kappa shape index (κ1) is 16.8. The van der Waals surface area contributed by atoms with Crippen molar-refractivity contribution in [1.29, 1.82) is 0 Å². The van der Waals surface area contributed by atoms with Gasteiger partial charge in [0, 0.05) is 29.7 Å². The molecule has 4 rings (SSSR count). The Balaban J connectivity index is 1.42. The van der Waals surface area contributed by atoms with E-state index in [1.54, 1.807) is 18.4 Å². The highest BCUT2D eigenvalue weighted by Crippen LogP contribution is 2.24. The van der Waals surface area contributed by atoms with Crippen molar-refractivity contribution < 1.29 is 13.9 Å². The fraction of sp³-hybridized carbons (Fsp3) is 0.200. The molecule has 1 fully saturated rings. The molecule has 0 amide bonds. The molecule has 0 radical (unpaired) electrons. The topological polar surface area (TPSA) is 55.6 Å². The molecule has 0 atom stereocenters. The van der Waals surface area contributed by atoms with E-state index in [0.29, 0.717) is 5.56 Å². The quantitative estimate of drug-likeness (QED) is 0.502. The fourth-order valence-electron chi connectivity index (χ4n) is 2.79. The molecule has 132 valence electrons. The number of rotatable bonds is 5. The number of ether oxygens (including phenoxy) is 1. The average Bonchev–Trinajstić information content (AvgIpc) is 3.38. The van der Waals surface area contributed by atoms with Gasteiger partial charge in [-0.25, -0.2) is 4.98 Å². The van der Waals surface area contributed by atoms with Gasteiger partial charge in [0.2, 0.25) is 0 Å². The molecule has 0 unspecified atom stereocenters. The van der Waals surface area contributed by atoms with Crippen LogP contribution in [0.15, 0.2) is 58.5 Å². The zero-order chi connectivity index (χ0) is 17.8. The molecule has 0 spiro atoms. The normalized spacial score (nSPS) is 14.8. The maximum atomic E-state index is 12.4. The van der Waals surface area contributed by atoms with Crippen molar-refractivity contribution in [2.45, 2.75) is 0 Å². The third-order valence-electron chi connectivity index (χ3n) is 4.19. The van der Waals surface area contributed by atoms with E-state index in [-0.39, 0.29) is 5.78 Å². The second-order valence-electron chi connectivity index (χ2n) is 5.90. The fourth-order valence-corrected chi connectivity index (χ4v) is 3.55. The van der Waals surface area contributed by atoms with Crippen LogP contribution in [-0.4, -0.2) is 37.1 Å². The van der Waals surface area contributed by atoms with Gasteiger partial charge >= 0.3 is 0 Å². The number of allylic oxidation sites excluding steroid dienone is 1. The molecule has 1 aliphatic rings. The highest BCUT2D eigenvalue weighted by molar-refractivity contribution is 7.13. The van der Waals surface area contributed by atoms with Crippen LogP contribution in [-0.2, 0) is 4.74 Å². The van der Waals surface area contributed by atoms with Crippen LogP contribution in [0.1, 0.15) is 16.1 Å². The SMILES string of the molecule is O=C(/C=C/c1csc(-c2ccco2)n1)c1ccc(N2CCOCC2)cc1. The largest absolute Gasteiger partial charge is 0.462 e. The molecule has 1 aliphatic heterocycles. The Labute approximate surface area is 155 Å². The van der Waals surface area contributed by atoms with E-state index >= 15 is 0 Å². The van der Waals surface area contributed by atoms with Crippen LogP contribution in [0, 0.1) is 0 Å². The van der Waals surface area contributed by atoms with Crippen molar-refractivity contribution in [3.63, 3.8) is 0 Å². The number of ketones is 1. The van der Waals surface area contributed by atoms with Gasteiger partial charge in [0.15, 0.2) is 16.6 Å². The smallest absolute Gasteiger partial charge is 0.185 e. The Morgan fingerprint density at radius 2 is 1.96 bits per heavy atom. The van der Waals surface area contributed by atoms with Crippen LogP contribution in [0.3, 0.4) is 0 Å². The van der Waals surface area contributed by atoms with Gasteiger partial charge in [0.25, 0.3) is 0 Å². The van der Waals surface area contributed by atoms with Gasteiger partial charge in [-0.2, -0.15) is 0 Å². The molecule has 3 aromatic rings. The first-order chi connectivity index (χ1) is 12.8. The molecule has 0 N–H and O–H groups in total. The lowest BCUT2D eigenvalue weighted by Crippen LogP contribution is -2.36. The summed E-state index contributed by atoms with van der Waals surface area (Å²) >= 11 is 1.49. The summed E-state index contributed by atoms with van der Waals surface area (Å²) < 4.78 is 10.7. The van der Waals surface area contributed by atoms with E-state index in [0.717, 1.165) is 48.5 Å². The van der Waals surface area contributed by atoms with Gasteiger partial charge in [-0.05, 0) is 48.6 Å². The van der Waals surface area contributed by atoms with E-state index in [9.17, 15) is 4.79 Å². The Hall–Kier alpha value is -2.70. The summed E-state index contributed by atoms with van der Waals surface area (Å²) in [5.41, 5.74) is 2.54. The van der Waals surface area contributed by atoms with Crippen LogP contribution in [0.4, 0.5) is 5.69 Å². The molecule has 0 aliphatic carbocycles. The number of aromatic nitrogens is 1. The minimum absolute atomic E-state index is 0.0360. The second-order valence-corrected chi connectivity index (χ2v) is 6.76.